The van der Waals surface area contributed by atoms with Gasteiger partial charge in [-0.3, -0.25) is 4.79 Å². The first-order valence-electron chi connectivity index (χ1n) is 11.0. The van der Waals surface area contributed by atoms with E-state index in [1.807, 2.05) is 69.3 Å². The number of nitrogens with one attached hydrogen (secondary N) is 2. The number of hydrogen-bond donors (Lipinski definition) is 2. The van der Waals surface area contributed by atoms with E-state index in [1.165, 1.54) is 0 Å². The Morgan fingerprint density at radius 3 is 2.65 bits per heavy atom. The number of furan rings is 1. The summed E-state index contributed by atoms with van der Waals surface area (Å²) in [6.07, 6.45) is 0. The number of anilines is 2. The van der Waals surface area contributed by atoms with Crippen molar-refractivity contribution in [2.45, 2.75) is 26.8 Å². The molecular weight excluding hydrogens is 430 g/mol. The molecule has 0 aliphatic carbocycles. The lowest BCUT2D eigenvalue weighted by Crippen LogP contribution is -2.31. The molecule has 1 aliphatic heterocycles. The first-order chi connectivity index (χ1) is 16.4. The Morgan fingerprint density at radius 1 is 1.09 bits per heavy atom. The van der Waals surface area contributed by atoms with Crippen LogP contribution in [0, 0.1) is 13.8 Å². The van der Waals surface area contributed by atoms with Crippen LogP contribution in [0.3, 0.4) is 0 Å². The summed E-state index contributed by atoms with van der Waals surface area (Å²) in [7, 11) is 1.57. The zero-order chi connectivity index (χ0) is 23.8. The molecular formula is C26H25N5O3. The van der Waals surface area contributed by atoms with Gasteiger partial charge in [-0.15, -0.1) is 5.10 Å². The van der Waals surface area contributed by atoms with E-state index in [9.17, 15) is 4.79 Å². The van der Waals surface area contributed by atoms with Crippen LogP contribution in [0.1, 0.15) is 30.0 Å². The SMILES string of the molecule is COc1ccccc1NC(=O)C1=C(C)Nc2nc(-c3cccc(C)c3)nn2C1c1ccc(C)o1. The van der Waals surface area contributed by atoms with Crippen LogP contribution in [0.15, 0.2) is 76.4 Å². The predicted octanol–water partition coefficient (Wildman–Crippen LogP) is 5.09. The summed E-state index contributed by atoms with van der Waals surface area (Å²) in [5, 5.41) is 11.0. The minimum Gasteiger partial charge on any atom is -0.495 e. The van der Waals surface area contributed by atoms with Gasteiger partial charge < -0.3 is 19.8 Å². The Labute approximate surface area is 197 Å². The molecule has 172 valence electrons. The third-order valence-electron chi connectivity index (χ3n) is 5.76. The number of aryl methyl sites for hydroxylation is 2. The fourth-order valence-corrected chi connectivity index (χ4v) is 4.15. The summed E-state index contributed by atoms with van der Waals surface area (Å²) < 4.78 is 13.1. The Hall–Kier alpha value is -4.33. The van der Waals surface area contributed by atoms with Gasteiger partial charge in [0.15, 0.2) is 5.82 Å². The highest BCUT2D eigenvalue weighted by molar-refractivity contribution is 6.06. The number of carbonyl (C=O) groups excluding carboxylic acids is 1. The molecule has 8 heteroatoms. The predicted molar refractivity (Wildman–Crippen MR) is 130 cm³/mol. The molecule has 3 heterocycles. The van der Waals surface area contributed by atoms with Crippen molar-refractivity contribution >= 4 is 17.5 Å². The summed E-state index contributed by atoms with van der Waals surface area (Å²) in [6, 6.07) is 18.4. The molecule has 1 aliphatic rings. The van der Waals surface area contributed by atoms with Gasteiger partial charge >= 0.3 is 0 Å². The summed E-state index contributed by atoms with van der Waals surface area (Å²) in [6.45, 7) is 5.75. The number of carbonyl (C=O) groups is 1. The van der Waals surface area contributed by atoms with E-state index in [2.05, 4.69) is 10.6 Å². The van der Waals surface area contributed by atoms with Crippen molar-refractivity contribution in [2.75, 3.05) is 17.7 Å². The van der Waals surface area contributed by atoms with Crippen molar-refractivity contribution in [1.82, 2.24) is 14.8 Å². The van der Waals surface area contributed by atoms with Gasteiger partial charge in [0.2, 0.25) is 5.95 Å². The molecule has 2 aromatic carbocycles. The van der Waals surface area contributed by atoms with Crippen LogP contribution in [0.5, 0.6) is 5.75 Å². The van der Waals surface area contributed by atoms with E-state index in [-0.39, 0.29) is 5.91 Å². The topological polar surface area (TPSA) is 94.2 Å². The first kappa shape index (κ1) is 21.5. The second-order valence-corrected chi connectivity index (χ2v) is 8.24. The van der Waals surface area contributed by atoms with Gasteiger partial charge in [0.1, 0.15) is 23.3 Å². The van der Waals surface area contributed by atoms with Crippen molar-refractivity contribution in [3.05, 3.63) is 89.0 Å². The number of methoxy groups -OCH3 is 1. The number of benzene rings is 2. The number of hydrogen-bond acceptors (Lipinski definition) is 6. The van der Waals surface area contributed by atoms with E-state index in [4.69, 9.17) is 19.2 Å². The van der Waals surface area contributed by atoms with Crippen molar-refractivity contribution in [2.24, 2.45) is 0 Å². The van der Waals surface area contributed by atoms with E-state index in [1.54, 1.807) is 23.9 Å². The molecule has 34 heavy (non-hydrogen) atoms. The molecule has 2 aromatic heterocycles. The second-order valence-electron chi connectivity index (χ2n) is 8.24. The number of allylic oxidation sites excluding steroid dienone is 1. The van der Waals surface area contributed by atoms with Crippen molar-refractivity contribution in [3.8, 4) is 17.1 Å². The largest absolute Gasteiger partial charge is 0.495 e. The van der Waals surface area contributed by atoms with Crippen LogP contribution < -0.4 is 15.4 Å². The van der Waals surface area contributed by atoms with Gasteiger partial charge in [0, 0.05) is 11.3 Å². The average Bonchev–Trinajstić information content (AvgIpc) is 3.44. The third-order valence-corrected chi connectivity index (χ3v) is 5.76. The highest BCUT2D eigenvalue weighted by atomic mass is 16.5. The molecule has 0 spiro atoms. The smallest absolute Gasteiger partial charge is 0.256 e. The molecule has 1 amide bonds. The van der Waals surface area contributed by atoms with E-state index in [0.29, 0.717) is 40.2 Å². The maximum absolute atomic E-state index is 13.6. The molecule has 0 saturated heterocycles. The Kier molecular flexibility index (Phi) is 5.41. The van der Waals surface area contributed by atoms with E-state index < -0.39 is 6.04 Å². The standard InChI is InChI=1S/C26H25N5O3/c1-15-8-7-9-18(14-15)24-29-26-27-17(3)22(23(31(26)30-24)21-13-12-16(2)34-21)25(32)28-19-10-5-6-11-20(19)33-4/h5-14,23H,1-4H3,(H,28,32)(H,27,29,30). The van der Waals surface area contributed by atoms with Gasteiger partial charge in [-0.05, 0) is 51.1 Å². The summed E-state index contributed by atoms with van der Waals surface area (Å²) >= 11 is 0. The van der Waals surface area contributed by atoms with Gasteiger partial charge in [-0.25, -0.2) is 4.68 Å². The molecule has 5 rings (SSSR count). The monoisotopic (exact) mass is 455 g/mol. The lowest BCUT2D eigenvalue weighted by Gasteiger charge is -2.27. The summed E-state index contributed by atoms with van der Waals surface area (Å²) in [5.74, 6) is 2.75. The van der Waals surface area contributed by atoms with Gasteiger partial charge in [0.05, 0.1) is 18.4 Å². The van der Waals surface area contributed by atoms with Gasteiger partial charge in [0.25, 0.3) is 5.91 Å². The fraction of sp³-hybridized carbons (Fsp3) is 0.192. The molecule has 8 nitrogen and oxygen atoms in total. The Balaban J connectivity index is 1.59. The number of para-hydroxylation sites is 2. The maximum Gasteiger partial charge on any atom is 0.256 e. The van der Waals surface area contributed by atoms with E-state index >= 15 is 0 Å². The highest BCUT2D eigenvalue weighted by Crippen LogP contribution is 2.38. The summed E-state index contributed by atoms with van der Waals surface area (Å²) in [5.41, 5.74) is 3.74. The average molecular weight is 456 g/mol. The Morgan fingerprint density at radius 2 is 1.91 bits per heavy atom. The van der Waals surface area contributed by atoms with E-state index in [0.717, 1.165) is 16.9 Å². The van der Waals surface area contributed by atoms with Crippen molar-refractivity contribution in [3.63, 3.8) is 0 Å². The van der Waals surface area contributed by atoms with Crippen molar-refractivity contribution < 1.29 is 13.9 Å². The lowest BCUT2D eigenvalue weighted by atomic mass is 10.00. The number of rotatable bonds is 5. The minimum atomic E-state index is -0.592. The highest BCUT2D eigenvalue weighted by Gasteiger charge is 2.36. The number of fused-ring (bicyclic) bond motifs is 1. The zero-order valence-corrected chi connectivity index (χ0v) is 19.4. The number of amides is 1. The molecule has 2 N–H and O–H groups in total. The molecule has 4 aromatic rings. The number of ether oxygens (including phenoxy) is 1. The molecule has 0 radical (unpaired) electrons. The van der Waals surface area contributed by atoms with Crippen LogP contribution in [-0.2, 0) is 4.79 Å². The van der Waals surface area contributed by atoms with Crippen LogP contribution in [0.2, 0.25) is 0 Å². The quantitative estimate of drug-likeness (QED) is 0.435. The Bertz CT molecular complexity index is 1420. The molecule has 0 fully saturated rings. The third kappa shape index (κ3) is 3.83. The van der Waals surface area contributed by atoms with Crippen LogP contribution in [0.25, 0.3) is 11.4 Å². The first-order valence-corrected chi connectivity index (χ1v) is 11.0. The van der Waals surface area contributed by atoms with Gasteiger partial charge in [-0.2, -0.15) is 4.98 Å². The van der Waals surface area contributed by atoms with Crippen LogP contribution in [0.4, 0.5) is 11.6 Å². The van der Waals surface area contributed by atoms with Crippen LogP contribution >= 0.6 is 0 Å². The van der Waals surface area contributed by atoms with Crippen LogP contribution in [-0.4, -0.2) is 27.8 Å². The summed E-state index contributed by atoms with van der Waals surface area (Å²) in [4.78, 5) is 18.3. The molecule has 1 unspecified atom stereocenters. The second kappa shape index (κ2) is 8.55. The number of aromatic nitrogens is 3. The molecule has 0 saturated carbocycles. The molecule has 1 atom stereocenters. The normalized spacial score (nSPS) is 15.0. The van der Waals surface area contributed by atoms with Gasteiger partial charge in [-0.1, -0.05) is 35.9 Å². The minimum absolute atomic E-state index is 0.285. The number of nitrogens with zero attached hydrogens (tertiary/aromatic N) is 3. The molecule has 0 bridgehead atoms. The maximum atomic E-state index is 13.6. The fourth-order valence-electron chi connectivity index (χ4n) is 4.15. The zero-order valence-electron chi connectivity index (χ0n) is 19.4. The van der Waals surface area contributed by atoms with Crippen molar-refractivity contribution in [1.29, 1.82) is 0 Å². The lowest BCUT2D eigenvalue weighted by molar-refractivity contribution is -0.113.